The van der Waals surface area contributed by atoms with Gasteiger partial charge in [-0.15, -0.1) is 0 Å². The summed E-state index contributed by atoms with van der Waals surface area (Å²) in [6, 6.07) is 11.6. The Morgan fingerprint density at radius 2 is 2.00 bits per heavy atom. The maximum atomic E-state index is 5.92. The van der Waals surface area contributed by atoms with Gasteiger partial charge in [0.1, 0.15) is 5.69 Å². The van der Waals surface area contributed by atoms with E-state index in [-0.39, 0.29) is 6.79 Å². The molecule has 1 aliphatic rings. The highest BCUT2D eigenvalue weighted by Crippen LogP contribution is 2.37. The minimum Gasteiger partial charge on any atom is -0.454 e. The number of nitrogens with one attached hydrogen (secondary N) is 1. The van der Waals surface area contributed by atoms with Crippen molar-refractivity contribution < 1.29 is 9.47 Å². The first-order chi connectivity index (χ1) is 9.33. The van der Waals surface area contributed by atoms with Crippen molar-refractivity contribution in [2.45, 2.75) is 0 Å². The fourth-order valence-corrected chi connectivity index (χ4v) is 2.33. The number of rotatable bonds is 1. The second-order valence-electron chi connectivity index (χ2n) is 4.41. The van der Waals surface area contributed by atoms with Crippen LogP contribution in [0.5, 0.6) is 11.5 Å². The molecule has 3 aromatic rings. The van der Waals surface area contributed by atoms with Crippen LogP contribution in [-0.2, 0) is 0 Å². The summed E-state index contributed by atoms with van der Waals surface area (Å²) in [6.07, 6.45) is 0. The zero-order valence-corrected chi connectivity index (χ0v) is 10.0. The zero-order chi connectivity index (χ0) is 12.8. The van der Waals surface area contributed by atoms with E-state index in [9.17, 15) is 0 Å². The molecule has 0 radical (unpaired) electrons. The molecule has 1 aliphatic heterocycles. The van der Waals surface area contributed by atoms with Crippen LogP contribution in [0.4, 0.5) is 5.69 Å². The molecule has 1 aromatic heterocycles. The largest absolute Gasteiger partial charge is 0.454 e. The van der Waals surface area contributed by atoms with Gasteiger partial charge in [-0.25, -0.2) is 0 Å². The maximum absolute atomic E-state index is 5.92. The standard InChI is InChI=1S/C14H11N3O2/c15-10-3-1-2-9-13(16-17-14(9)10)8-4-5-11-12(6-8)19-7-18-11/h1-6H,7,15H2,(H,16,17). The molecule has 0 amide bonds. The van der Waals surface area contributed by atoms with Crippen LogP contribution in [0.1, 0.15) is 0 Å². The van der Waals surface area contributed by atoms with Crippen LogP contribution in [-0.4, -0.2) is 17.0 Å². The van der Waals surface area contributed by atoms with Crippen molar-refractivity contribution in [2.24, 2.45) is 0 Å². The smallest absolute Gasteiger partial charge is 0.231 e. The molecule has 2 aromatic carbocycles. The first kappa shape index (κ1) is 10.3. The number of aromatic amines is 1. The molecular formula is C14H11N3O2. The Balaban J connectivity index is 1.93. The first-order valence-electron chi connectivity index (χ1n) is 5.95. The summed E-state index contributed by atoms with van der Waals surface area (Å²) in [5.74, 6) is 1.51. The number of nitrogens with two attached hydrogens (primary N) is 1. The van der Waals surface area contributed by atoms with Gasteiger partial charge < -0.3 is 15.2 Å². The molecule has 0 saturated heterocycles. The SMILES string of the molecule is Nc1cccc2c(-c3ccc4c(c3)OCO4)n[nH]c12. The zero-order valence-electron chi connectivity index (χ0n) is 10.0. The Bertz CT molecular complexity index is 779. The van der Waals surface area contributed by atoms with Crippen molar-refractivity contribution in [3.05, 3.63) is 36.4 Å². The number of nitrogens with zero attached hydrogens (tertiary/aromatic N) is 1. The Morgan fingerprint density at radius 3 is 2.95 bits per heavy atom. The molecule has 0 unspecified atom stereocenters. The third-order valence-electron chi connectivity index (χ3n) is 3.28. The van der Waals surface area contributed by atoms with Gasteiger partial charge in [0.05, 0.1) is 11.2 Å². The average Bonchev–Trinajstić information content (AvgIpc) is 3.04. The Morgan fingerprint density at radius 1 is 1.11 bits per heavy atom. The summed E-state index contributed by atoms with van der Waals surface area (Å²) >= 11 is 0. The van der Waals surface area contributed by atoms with Crippen molar-refractivity contribution in [2.75, 3.05) is 12.5 Å². The lowest BCUT2D eigenvalue weighted by atomic mass is 10.1. The van der Waals surface area contributed by atoms with E-state index in [1.807, 2.05) is 36.4 Å². The lowest BCUT2D eigenvalue weighted by Crippen LogP contribution is -1.92. The van der Waals surface area contributed by atoms with Crippen molar-refractivity contribution >= 4 is 16.6 Å². The third kappa shape index (κ3) is 1.45. The highest BCUT2D eigenvalue weighted by Gasteiger charge is 2.16. The number of ether oxygens (including phenoxy) is 2. The Labute approximate surface area is 108 Å². The number of aromatic nitrogens is 2. The summed E-state index contributed by atoms with van der Waals surface area (Å²) in [7, 11) is 0. The number of H-pyrrole nitrogens is 1. The van der Waals surface area contributed by atoms with E-state index in [1.54, 1.807) is 0 Å². The van der Waals surface area contributed by atoms with Gasteiger partial charge in [0.2, 0.25) is 6.79 Å². The monoisotopic (exact) mass is 253 g/mol. The van der Waals surface area contributed by atoms with Gasteiger partial charge in [-0.05, 0) is 24.3 Å². The van der Waals surface area contributed by atoms with E-state index >= 15 is 0 Å². The first-order valence-corrected chi connectivity index (χ1v) is 5.95. The molecule has 5 heteroatoms. The molecule has 2 heterocycles. The Hall–Kier alpha value is -2.69. The van der Waals surface area contributed by atoms with Gasteiger partial charge in [-0.2, -0.15) is 5.10 Å². The topological polar surface area (TPSA) is 73.2 Å². The van der Waals surface area contributed by atoms with Gasteiger partial charge in [0.25, 0.3) is 0 Å². The molecule has 0 atom stereocenters. The van der Waals surface area contributed by atoms with Crippen LogP contribution >= 0.6 is 0 Å². The van der Waals surface area contributed by atoms with Gasteiger partial charge in [0, 0.05) is 10.9 Å². The lowest BCUT2D eigenvalue weighted by Gasteiger charge is -2.01. The fraction of sp³-hybridized carbons (Fsp3) is 0.0714. The van der Waals surface area contributed by atoms with E-state index < -0.39 is 0 Å². The molecule has 4 rings (SSSR count). The van der Waals surface area contributed by atoms with Crippen molar-refractivity contribution in [1.82, 2.24) is 10.2 Å². The number of nitrogen functional groups attached to an aromatic ring is 1. The van der Waals surface area contributed by atoms with Gasteiger partial charge in [-0.1, -0.05) is 12.1 Å². The quantitative estimate of drug-likeness (QED) is 0.654. The van der Waals surface area contributed by atoms with Gasteiger partial charge in [-0.3, -0.25) is 5.10 Å². The van der Waals surface area contributed by atoms with Gasteiger partial charge in [0.15, 0.2) is 11.5 Å². The fourth-order valence-electron chi connectivity index (χ4n) is 2.33. The average molecular weight is 253 g/mol. The molecule has 94 valence electrons. The number of anilines is 1. The van der Waals surface area contributed by atoms with E-state index in [0.717, 1.165) is 33.7 Å². The Kier molecular flexibility index (Phi) is 1.97. The summed E-state index contributed by atoms with van der Waals surface area (Å²) in [6.45, 7) is 0.271. The highest BCUT2D eigenvalue weighted by atomic mass is 16.7. The molecule has 0 spiro atoms. The van der Waals surface area contributed by atoms with Crippen LogP contribution in [0.15, 0.2) is 36.4 Å². The van der Waals surface area contributed by atoms with E-state index in [2.05, 4.69) is 10.2 Å². The normalized spacial score (nSPS) is 13.1. The van der Waals surface area contributed by atoms with Crippen LogP contribution in [0.25, 0.3) is 22.2 Å². The number of fused-ring (bicyclic) bond motifs is 2. The van der Waals surface area contributed by atoms with Crippen LogP contribution in [0, 0.1) is 0 Å². The van der Waals surface area contributed by atoms with Crippen molar-refractivity contribution in [1.29, 1.82) is 0 Å². The second kappa shape index (κ2) is 3.65. The number of para-hydroxylation sites is 1. The number of hydrogen-bond donors (Lipinski definition) is 2. The molecule has 5 nitrogen and oxygen atoms in total. The lowest BCUT2D eigenvalue weighted by molar-refractivity contribution is 0.174. The molecule has 0 saturated carbocycles. The molecule has 0 bridgehead atoms. The summed E-state index contributed by atoms with van der Waals surface area (Å²) < 4.78 is 10.7. The maximum Gasteiger partial charge on any atom is 0.231 e. The molecule has 19 heavy (non-hydrogen) atoms. The van der Waals surface area contributed by atoms with Crippen LogP contribution < -0.4 is 15.2 Å². The van der Waals surface area contributed by atoms with Crippen molar-refractivity contribution in [3.8, 4) is 22.8 Å². The molecule has 0 fully saturated rings. The van der Waals surface area contributed by atoms with Gasteiger partial charge >= 0.3 is 0 Å². The molecule has 3 N–H and O–H groups in total. The summed E-state index contributed by atoms with van der Waals surface area (Å²) in [4.78, 5) is 0. The second-order valence-corrected chi connectivity index (χ2v) is 4.41. The van der Waals surface area contributed by atoms with E-state index in [0.29, 0.717) is 5.69 Å². The third-order valence-corrected chi connectivity index (χ3v) is 3.28. The number of hydrogen-bond acceptors (Lipinski definition) is 4. The number of benzene rings is 2. The molecule has 0 aliphatic carbocycles. The van der Waals surface area contributed by atoms with Crippen LogP contribution in [0.2, 0.25) is 0 Å². The van der Waals surface area contributed by atoms with Crippen molar-refractivity contribution in [3.63, 3.8) is 0 Å². The summed E-state index contributed by atoms with van der Waals surface area (Å²) in [5, 5.41) is 8.33. The van der Waals surface area contributed by atoms with E-state index in [4.69, 9.17) is 15.2 Å². The molecular weight excluding hydrogens is 242 g/mol. The predicted molar refractivity (Wildman–Crippen MR) is 72.1 cm³/mol. The minimum atomic E-state index is 0.271. The van der Waals surface area contributed by atoms with Crippen LogP contribution in [0.3, 0.4) is 0 Å². The minimum absolute atomic E-state index is 0.271. The van der Waals surface area contributed by atoms with E-state index in [1.165, 1.54) is 0 Å². The summed E-state index contributed by atoms with van der Waals surface area (Å²) in [5.41, 5.74) is 9.31. The predicted octanol–water partition coefficient (Wildman–Crippen LogP) is 2.54. The highest BCUT2D eigenvalue weighted by molar-refractivity contribution is 5.99.